The highest BCUT2D eigenvalue weighted by Gasteiger charge is 2.25. The summed E-state index contributed by atoms with van der Waals surface area (Å²) < 4.78 is 13.8. The van der Waals surface area contributed by atoms with Crippen LogP contribution in [0, 0.1) is 6.92 Å². The fourth-order valence-corrected chi connectivity index (χ4v) is 4.53. The van der Waals surface area contributed by atoms with Gasteiger partial charge in [0, 0.05) is 32.5 Å². The number of methoxy groups -OCH3 is 1. The van der Waals surface area contributed by atoms with Crippen molar-refractivity contribution in [2.24, 2.45) is 0 Å². The molecule has 12 heteroatoms. The lowest BCUT2D eigenvalue weighted by molar-refractivity contribution is 0.0563. The lowest BCUT2D eigenvalue weighted by Gasteiger charge is -2.28. The Morgan fingerprint density at radius 3 is 2.92 bits per heavy atom. The van der Waals surface area contributed by atoms with E-state index in [9.17, 15) is 9.59 Å². The molecule has 0 radical (unpaired) electrons. The van der Waals surface area contributed by atoms with Crippen LogP contribution in [0.2, 0.25) is 0 Å². The normalized spacial score (nSPS) is 17.8. The van der Waals surface area contributed by atoms with E-state index in [0.717, 1.165) is 25.7 Å². The number of nitrogens with one attached hydrogen (secondary N) is 3. The molecule has 1 aliphatic rings. The second-order valence-electron chi connectivity index (χ2n) is 8.73. The van der Waals surface area contributed by atoms with Gasteiger partial charge in [-0.1, -0.05) is 0 Å². The smallest absolute Gasteiger partial charge is 0.281 e. The molecule has 1 amide bonds. The van der Waals surface area contributed by atoms with Gasteiger partial charge in [-0.2, -0.15) is 9.61 Å². The van der Waals surface area contributed by atoms with Gasteiger partial charge in [0.05, 0.1) is 12.3 Å². The maximum absolute atomic E-state index is 13.2. The molecule has 4 aromatic heterocycles. The first-order chi connectivity index (χ1) is 17.5. The van der Waals surface area contributed by atoms with Crippen molar-refractivity contribution in [2.45, 2.75) is 44.8 Å². The van der Waals surface area contributed by atoms with Gasteiger partial charge in [-0.05, 0) is 44.7 Å². The Bertz CT molecular complexity index is 1460. The molecule has 0 saturated heterocycles. The summed E-state index contributed by atoms with van der Waals surface area (Å²) in [5.74, 6) is 1.07. The van der Waals surface area contributed by atoms with Crippen LogP contribution in [0.15, 0.2) is 46.2 Å². The molecule has 4 aromatic rings. The van der Waals surface area contributed by atoms with Gasteiger partial charge in [0.2, 0.25) is 5.88 Å². The molecule has 2 atom stereocenters. The van der Waals surface area contributed by atoms with Crippen molar-refractivity contribution in [3.05, 3.63) is 58.6 Å². The summed E-state index contributed by atoms with van der Waals surface area (Å²) in [4.78, 5) is 34.9. The molecule has 0 bridgehead atoms. The molecule has 0 aliphatic heterocycles. The van der Waals surface area contributed by atoms with E-state index in [1.54, 1.807) is 50.0 Å². The van der Waals surface area contributed by atoms with E-state index in [-0.39, 0.29) is 29.3 Å². The molecular weight excluding hydrogens is 464 g/mol. The first kappa shape index (κ1) is 23.5. The number of nitrogens with zero attached hydrogens (tertiary/aromatic N) is 5. The Kier molecular flexibility index (Phi) is 6.42. The molecule has 4 heterocycles. The quantitative estimate of drug-likeness (QED) is 0.355. The van der Waals surface area contributed by atoms with Crippen LogP contribution < -0.4 is 21.5 Å². The number of carbonyl (C=O) groups excluding carboxylic acids is 1. The second-order valence-corrected chi connectivity index (χ2v) is 8.73. The highest BCUT2D eigenvalue weighted by Crippen LogP contribution is 2.23. The van der Waals surface area contributed by atoms with Gasteiger partial charge in [-0.3, -0.25) is 14.2 Å². The first-order valence-corrected chi connectivity index (χ1v) is 11.8. The summed E-state index contributed by atoms with van der Waals surface area (Å²) in [6.07, 6.45) is 8.22. The Morgan fingerprint density at radius 1 is 1.31 bits per heavy atom. The summed E-state index contributed by atoms with van der Waals surface area (Å²) in [5.41, 5.74) is 1.25. The zero-order chi connectivity index (χ0) is 25.2. The van der Waals surface area contributed by atoms with E-state index in [0.29, 0.717) is 34.4 Å². The minimum absolute atomic E-state index is 0.0264. The van der Waals surface area contributed by atoms with Crippen LogP contribution >= 0.6 is 0 Å². The summed E-state index contributed by atoms with van der Waals surface area (Å²) in [7, 11) is 3.45. The number of rotatable bonds is 7. The number of hydrogen-bond donors (Lipinski definition) is 3. The number of fused-ring (bicyclic) bond motifs is 1. The standard InChI is InChI=1S/C24H28N8O4/c1-14-24(36-13-26-14)31-9-5-8-18(23(31)34)29-19-11-20(25-2)32-21(30-19)17(12-27-32)22(33)28-15-6-4-7-16(10-15)35-3/h5,8-9,11-13,15-16,25H,4,6-7,10H2,1-3H3,(H,28,33)(H,29,30)/t15-,16-/m1/s1. The fraction of sp³-hybridized carbons (Fsp3) is 0.375. The van der Waals surface area contributed by atoms with Crippen molar-refractivity contribution in [2.75, 3.05) is 24.8 Å². The van der Waals surface area contributed by atoms with Crippen LogP contribution in [0.5, 0.6) is 0 Å². The largest absolute Gasteiger partial charge is 0.427 e. The number of aromatic nitrogens is 5. The summed E-state index contributed by atoms with van der Waals surface area (Å²) in [6.45, 7) is 1.76. The van der Waals surface area contributed by atoms with Crippen molar-refractivity contribution in [3.8, 4) is 5.88 Å². The highest BCUT2D eigenvalue weighted by molar-refractivity contribution is 6.00. The number of amides is 1. The summed E-state index contributed by atoms with van der Waals surface area (Å²) in [5, 5.41) is 13.6. The zero-order valence-corrected chi connectivity index (χ0v) is 20.3. The van der Waals surface area contributed by atoms with Gasteiger partial charge in [0.1, 0.15) is 28.6 Å². The Hall–Kier alpha value is -4.19. The lowest BCUT2D eigenvalue weighted by atomic mass is 9.92. The molecule has 1 fully saturated rings. The summed E-state index contributed by atoms with van der Waals surface area (Å²) >= 11 is 0. The monoisotopic (exact) mass is 492 g/mol. The van der Waals surface area contributed by atoms with Gasteiger partial charge in [0.25, 0.3) is 11.5 Å². The van der Waals surface area contributed by atoms with Crippen LogP contribution in [-0.2, 0) is 4.74 Å². The third-order valence-electron chi connectivity index (χ3n) is 6.42. The van der Waals surface area contributed by atoms with Gasteiger partial charge >= 0.3 is 0 Å². The van der Waals surface area contributed by atoms with Crippen molar-refractivity contribution < 1.29 is 13.9 Å². The third-order valence-corrected chi connectivity index (χ3v) is 6.42. The SMILES string of the molecule is CNc1cc(Nc2cccn(-c3ocnc3C)c2=O)nc2c(C(=O)N[C@@H]3CCC[C@@H](OC)C3)cnn12. The number of anilines is 3. The van der Waals surface area contributed by atoms with E-state index >= 15 is 0 Å². The molecule has 3 N–H and O–H groups in total. The number of carbonyl (C=O) groups is 1. The topological polar surface area (TPSA) is 141 Å². The van der Waals surface area contributed by atoms with Crippen molar-refractivity contribution in [1.82, 2.24) is 29.5 Å². The highest BCUT2D eigenvalue weighted by atomic mass is 16.5. The molecule has 1 saturated carbocycles. The van der Waals surface area contributed by atoms with Crippen LogP contribution in [0.25, 0.3) is 11.5 Å². The van der Waals surface area contributed by atoms with E-state index in [1.807, 2.05) is 0 Å². The van der Waals surface area contributed by atoms with Crippen LogP contribution in [0.1, 0.15) is 41.7 Å². The molecule has 0 spiro atoms. The van der Waals surface area contributed by atoms with Gasteiger partial charge in [-0.15, -0.1) is 0 Å². The molecule has 5 rings (SSSR count). The Balaban J connectivity index is 1.46. The van der Waals surface area contributed by atoms with E-state index < -0.39 is 0 Å². The van der Waals surface area contributed by atoms with Crippen molar-refractivity contribution >= 4 is 28.9 Å². The van der Waals surface area contributed by atoms with Gasteiger partial charge in [-0.25, -0.2) is 9.97 Å². The minimum Gasteiger partial charge on any atom is -0.427 e. The van der Waals surface area contributed by atoms with E-state index in [2.05, 4.69) is 31.0 Å². The Morgan fingerprint density at radius 2 is 2.17 bits per heavy atom. The molecule has 0 aromatic carbocycles. The lowest BCUT2D eigenvalue weighted by Crippen LogP contribution is -2.40. The minimum atomic E-state index is -0.332. The molecule has 1 aliphatic carbocycles. The number of aryl methyl sites for hydroxylation is 1. The van der Waals surface area contributed by atoms with Crippen LogP contribution in [0.4, 0.5) is 17.3 Å². The third kappa shape index (κ3) is 4.42. The van der Waals surface area contributed by atoms with Gasteiger partial charge < -0.3 is 25.1 Å². The number of pyridine rings is 1. The van der Waals surface area contributed by atoms with Crippen LogP contribution in [-0.4, -0.2) is 56.4 Å². The van der Waals surface area contributed by atoms with Crippen molar-refractivity contribution in [1.29, 1.82) is 0 Å². The average molecular weight is 493 g/mol. The van der Waals surface area contributed by atoms with E-state index in [1.165, 1.54) is 17.2 Å². The van der Waals surface area contributed by atoms with Gasteiger partial charge in [0.15, 0.2) is 12.0 Å². The van der Waals surface area contributed by atoms with Crippen LogP contribution in [0.3, 0.4) is 0 Å². The number of ether oxygens (including phenoxy) is 1. The molecule has 188 valence electrons. The maximum atomic E-state index is 13.2. The fourth-order valence-electron chi connectivity index (χ4n) is 4.53. The average Bonchev–Trinajstić information content (AvgIpc) is 3.51. The first-order valence-electron chi connectivity index (χ1n) is 11.8. The predicted octanol–water partition coefficient (Wildman–Crippen LogP) is 2.65. The van der Waals surface area contributed by atoms with Crippen molar-refractivity contribution in [3.63, 3.8) is 0 Å². The molecular formula is C24H28N8O4. The Labute approximate surface area is 206 Å². The second kappa shape index (κ2) is 9.82. The predicted molar refractivity (Wildman–Crippen MR) is 133 cm³/mol. The van der Waals surface area contributed by atoms with E-state index in [4.69, 9.17) is 9.15 Å². The maximum Gasteiger partial charge on any atom is 0.281 e. The summed E-state index contributed by atoms with van der Waals surface area (Å²) in [6, 6.07) is 5.11. The molecule has 36 heavy (non-hydrogen) atoms. The molecule has 12 nitrogen and oxygen atoms in total. The zero-order valence-electron chi connectivity index (χ0n) is 20.3. The molecule has 0 unspecified atom stereocenters. The number of hydrogen-bond acceptors (Lipinski definition) is 9. The number of oxazole rings is 1.